The second-order valence-corrected chi connectivity index (χ2v) is 15.8. The highest BCUT2D eigenvalue weighted by molar-refractivity contribution is 6.04. The van der Waals surface area contributed by atoms with Crippen molar-refractivity contribution in [3.8, 4) is 6.07 Å². The Morgan fingerprint density at radius 2 is 1.78 bits per heavy atom. The van der Waals surface area contributed by atoms with Crippen LogP contribution in [0.5, 0.6) is 0 Å². The number of carbonyl (C=O) groups is 2. The minimum atomic E-state index is -0.528. The number of aryl methyl sites for hydroxylation is 1. The van der Waals surface area contributed by atoms with Gasteiger partial charge in [-0.25, -0.2) is 4.98 Å². The normalized spacial score (nSPS) is 44.5. The molecular formula is C36H49N3O2. The van der Waals surface area contributed by atoms with E-state index in [-0.39, 0.29) is 45.2 Å². The van der Waals surface area contributed by atoms with Gasteiger partial charge in [-0.05, 0) is 104 Å². The molecule has 9 atom stereocenters. The van der Waals surface area contributed by atoms with Gasteiger partial charge in [0, 0.05) is 24.2 Å². The topological polar surface area (TPSA) is 75.8 Å². The maximum absolute atomic E-state index is 14.6. The number of rotatable bonds is 3. The van der Waals surface area contributed by atoms with E-state index in [1.807, 2.05) is 10.8 Å². The smallest absolute Gasteiger partial charge is 0.238 e. The van der Waals surface area contributed by atoms with Crippen LogP contribution in [0.25, 0.3) is 0 Å². The zero-order chi connectivity index (χ0) is 29.8. The van der Waals surface area contributed by atoms with E-state index in [0.717, 1.165) is 63.6 Å². The zero-order valence-electron chi connectivity index (χ0n) is 26.3. The van der Waals surface area contributed by atoms with Crippen molar-refractivity contribution in [3.63, 3.8) is 0 Å². The number of aromatic nitrogens is 2. The van der Waals surface area contributed by atoms with Gasteiger partial charge in [-0.15, -0.1) is 0 Å². The molecule has 220 valence electrons. The van der Waals surface area contributed by atoms with Crippen LogP contribution < -0.4 is 0 Å². The quantitative estimate of drug-likeness (QED) is 0.354. The molecular weight excluding hydrogens is 506 g/mol. The summed E-state index contributed by atoms with van der Waals surface area (Å²) in [6.07, 6.45) is 14.8. The molecule has 0 saturated heterocycles. The SMILES string of the molecule is C=C(C)[C@@H]1CC[C@]2(C(=O)n3ccnc3CC)CC[C@]3(C)C(CC[C@@H]4[C@@]5(C)C=C(C#N)C(=O)C(C)(C)[C@@H]5CC[C@]43C)[C@@H]12. The third kappa shape index (κ3) is 3.43. The maximum atomic E-state index is 14.6. The fraction of sp³-hybridized carbons (Fsp3) is 0.722. The Bertz CT molecular complexity index is 1390. The Balaban J connectivity index is 1.45. The molecule has 0 bridgehead atoms. The molecule has 41 heavy (non-hydrogen) atoms. The van der Waals surface area contributed by atoms with Gasteiger partial charge in [-0.1, -0.05) is 59.8 Å². The molecule has 6 rings (SSSR count). The van der Waals surface area contributed by atoms with Gasteiger partial charge in [0.15, 0.2) is 5.78 Å². The van der Waals surface area contributed by atoms with Crippen molar-refractivity contribution in [2.24, 2.45) is 56.7 Å². The van der Waals surface area contributed by atoms with Crippen LogP contribution in [0, 0.1) is 68.0 Å². The van der Waals surface area contributed by atoms with Crippen LogP contribution in [0.4, 0.5) is 0 Å². The van der Waals surface area contributed by atoms with Gasteiger partial charge in [0.2, 0.25) is 5.91 Å². The Hall–Kier alpha value is -2.48. The molecule has 1 heterocycles. The average molecular weight is 556 g/mol. The highest BCUT2D eigenvalue weighted by Crippen LogP contribution is 2.77. The molecule has 0 aromatic carbocycles. The van der Waals surface area contributed by atoms with E-state index in [1.54, 1.807) is 6.20 Å². The first-order chi connectivity index (χ1) is 19.2. The first-order valence-corrected chi connectivity index (χ1v) is 16.1. The lowest BCUT2D eigenvalue weighted by atomic mass is 9.32. The summed E-state index contributed by atoms with van der Waals surface area (Å²) in [5, 5.41) is 9.99. The fourth-order valence-corrected chi connectivity index (χ4v) is 12.1. The molecule has 1 aromatic rings. The summed E-state index contributed by atoms with van der Waals surface area (Å²) in [5.74, 6) is 2.89. The molecule has 4 fully saturated rings. The average Bonchev–Trinajstić information content (AvgIpc) is 3.56. The number of carbonyl (C=O) groups excluding carboxylic acids is 2. The van der Waals surface area contributed by atoms with Crippen molar-refractivity contribution < 1.29 is 9.59 Å². The second-order valence-electron chi connectivity index (χ2n) is 15.8. The van der Waals surface area contributed by atoms with E-state index >= 15 is 0 Å². The summed E-state index contributed by atoms with van der Waals surface area (Å²) in [5.41, 5.74) is 0.650. The van der Waals surface area contributed by atoms with Crippen molar-refractivity contribution >= 4 is 11.7 Å². The largest absolute Gasteiger partial charge is 0.293 e. The number of hydrogen-bond donors (Lipinski definition) is 0. The van der Waals surface area contributed by atoms with Crippen LogP contribution in [0.15, 0.2) is 36.2 Å². The van der Waals surface area contributed by atoms with Gasteiger partial charge >= 0.3 is 0 Å². The second kappa shape index (κ2) is 9.01. The molecule has 0 aliphatic heterocycles. The first kappa shape index (κ1) is 28.6. The van der Waals surface area contributed by atoms with Crippen molar-refractivity contribution in [1.29, 1.82) is 5.26 Å². The summed E-state index contributed by atoms with van der Waals surface area (Å²) in [4.78, 5) is 32.4. The van der Waals surface area contributed by atoms with E-state index in [1.165, 1.54) is 5.57 Å². The van der Waals surface area contributed by atoms with Crippen LogP contribution in [-0.4, -0.2) is 21.2 Å². The minimum absolute atomic E-state index is 0.0214. The van der Waals surface area contributed by atoms with Gasteiger partial charge in [0.1, 0.15) is 11.9 Å². The van der Waals surface area contributed by atoms with Crippen LogP contribution in [0.2, 0.25) is 0 Å². The number of allylic oxidation sites excluding steroid dienone is 3. The first-order valence-electron chi connectivity index (χ1n) is 16.1. The van der Waals surface area contributed by atoms with Gasteiger partial charge in [0.25, 0.3) is 0 Å². The van der Waals surface area contributed by atoms with Crippen molar-refractivity contribution in [2.75, 3.05) is 0 Å². The van der Waals surface area contributed by atoms with Gasteiger partial charge < -0.3 is 0 Å². The van der Waals surface area contributed by atoms with E-state index < -0.39 is 5.41 Å². The molecule has 0 N–H and O–H groups in total. The summed E-state index contributed by atoms with van der Waals surface area (Å²) in [7, 11) is 0. The summed E-state index contributed by atoms with van der Waals surface area (Å²) in [6.45, 7) is 20.4. The number of hydrogen-bond acceptors (Lipinski definition) is 4. The number of ketones is 1. The molecule has 5 aliphatic rings. The molecule has 1 aromatic heterocycles. The van der Waals surface area contributed by atoms with E-state index in [0.29, 0.717) is 23.3 Å². The van der Waals surface area contributed by atoms with Gasteiger partial charge in [0.05, 0.1) is 11.0 Å². The standard InChI is InChI=1S/C36H49N3O2/c1-9-28-38-18-19-39(28)31(41)36-15-12-24(22(2)3)29(36)25-10-11-27-33(6)20-23(21-37)30(40)32(4,5)26(33)13-14-35(27,8)34(25,7)16-17-36/h18-20,24-27,29H,2,9-17H2,1,3-8H3/t24-,25?,26-,27+,29+,33-,34+,35+,36-/m0/s1. The maximum Gasteiger partial charge on any atom is 0.238 e. The predicted molar refractivity (Wildman–Crippen MR) is 161 cm³/mol. The van der Waals surface area contributed by atoms with Crippen LogP contribution in [0.3, 0.4) is 0 Å². The fourth-order valence-electron chi connectivity index (χ4n) is 12.1. The Morgan fingerprint density at radius 1 is 1.05 bits per heavy atom. The number of imidazole rings is 1. The summed E-state index contributed by atoms with van der Waals surface area (Å²) >= 11 is 0. The molecule has 5 heteroatoms. The molecule has 4 saturated carbocycles. The Morgan fingerprint density at radius 3 is 2.44 bits per heavy atom. The lowest BCUT2D eigenvalue weighted by Crippen LogP contribution is -2.66. The zero-order valence-corrected chi connectivity index (χ0v) is 26.3. The summed E-state index contributed by atoms with van der Waals surface area (Å²) in [6, 6.07) is 2.29. The van der Waals surface area contributed by atoms with Crippen molar-refractivity contribution in [3.05, 3.63) is 42.0 Å². The van der Waals surface area contributed by atoms with E-state index in [4.69, 9.17) is 0 Å². The molecule has 1 unspecified atom stereocenters. The number of nitrogens with zero attached hydrogens (tertiary/aromatic N) is 3. The Kier molecular flexibility index (Phi) is 6.29. The lowest BCUT2D eigenvalue weighted by molar-refractivity contribution is -0.214. The number of Topliss-reactive ketones (excluding diaryl/α,β-unsaturated/α-hetero) is 1. The molecule has 5 nitrogen and oxygen atoms in total. The number of nitriles is 1. The van der Waals surface area contributed by atoms with Crippen LogP contribution in [0.1, 0.15) is 110 Å². The minimum Gasteiger partial charge on any atom is -0.293 e. The highest BCUT2D eigenvalue weighted by Gasteiger charge is 2.72. The molecule has 0 radical (unpaired) electrons. The van der Waals surface area contributed by atoms with Crippen LogP contribution >= 0.6 is 0 Å². The van der Waals surface area contributed by atoms with E-state index in [2.05, 4.69) is 72.2 Å². The van der Waals surface area contributed by atoms with Crippen molar-refractivity contribution in [1.82, 2.24) is 9.55 Å². The van der Waals surface area contributed by atoms with Crippen molar-refractivity contribution in [2.45, 2.75) is 106 Å². The lowest BCUT2D eigenvalue weighted by Gasteiger charge is -2.71. The third-order valence-electron chi connectivity index (χ3n) is 14.2. The highest BCUT2D eigenvalue weighted by atomic mass is 16.2. The molecule has 5 aliphatic carbocycles. The Labute approximate surface area is 246 Å². The van der Waals surface area contributed by atoms with Gasteiger partial charge in [-0.2, -0.15) is 5.26 Å². The van der Waals surface area contributed by atoms with Gasteiger partial charge in [-0.3, -0.25) is 14.2 Å². The third-order valence-corrected chi connectivity index (χ3v) is 14.2. The molecule has 0 spiro atoms. The van der Waals surface area contributed by atoms with Crippen LogP contribution in [-0.2, 0) is 11.2 Å². The molecule has 0 amide bonds. The summed E-state index contributed by atoms with van der Waals surface area (Å²) < 4.78 is 1.88. The predicted octanol–water partition coefficient (Wildman–Crippen LogP) is 7.98. The monoisotopic (exact) mass is 555 g/mol. The van der Waals surface area contributed by atoms with E-state index in [9.17, 15) is 14.9 Å². The number of fused-ring (bicyclic) bond motifs is 7.